The van der Waals surface area contributed by atoms with Crippen molar-refractivity contribution in [1.29, 1.82) is 0 Å². The maximum atomic E-state index is 4.16. The smallest absolute Gasteiger partial charge is 0.156 e. The Morgan fingerprint density at radius 1 is 1.29 bits per heavy atom. The summed E-state index contributed by atoms with van der Waals surface area (Å²) in [6, 6.07) is 10.3. The number of nitrogens with zero attached hydrogens (tertiary/aromatic N) is 4. The quantitative estimate of drug-likeness (QED) is 0.845. The Hall–Kier alpha value is -1.75. The molecule has 0 spiro atoms. The molecular weight excluding hydrogens is 214 g/mol. The summed E-state index contributed by atoms with van der Waals surface area (Å²) in [5.41, 5.74) is 1.23. The zero-order valence-corrected chi connectivity index (χ0v) is 9.58. The van der Waals surface area contributed by atoms with Gasteiger partial charge in [0, 0.05) is 12.5 Å². The lowest BCUT2D eigenvalue weighted by molar-refractivity contribution is 0.578. The van der Waals surface area contributed by atoms with Gasteiger partial charge in [-0.05, 0) is 29.0 Å². The van der Waals surface area contributed by atoms with Crippen molar-refractivity contribution in [2.45, 2.75) is 18.9 Å². The van der Waals surface area contributed by atoms with Crippen LogP contribution in [0.2, 0.25) is 0 Å². The molecular formula is C12H15N5. The van der Waals surface area contributed by atoms with Crippen LogP contribution in [0.15, 0.2) is 30.3 Å². The molecule has 0 bridgehead atoms. The van der Waals surface area contributed by atoms with Crippen LogP contribution < -0.4 is 5.32 Å². The highest BCUT2D eigenvalue weighted by molar-refractivity contribution is 5.15. The first kappa shape index (κ1) is 10.4. The van der Waals surface area contributed by atoms with Crippen molar-refractivity contribution < 1.29 is 0 Å². The van der Waals surface area contributed by atoms with Gasteiger partial charge in [0.25, 0.3) is 0 Å². The molecule has 2 heterocycles. The van der Waals surface area contributed by atoms with Gasteiger partial charge in [-0.3, -0.25) is 0 Å². The van der Waals surface area contributed by atoms with Crippen molar-refractivity contribution >= 4 is 0 Å². The third-order valence-corrected chi connectivity index (χ3v) is 3.16. The number of tetrazole rings is 1. The van der Waals surface area contributed by atoms with Crippen molar-refractivity contribution in [1.82, 2.24) is 25.5 Å². The summed E-state index contributed by atoms with van der Waals surface area (Å²) in [7, 11) is 0. The molecule has 1 saturated heterocycles. The molecule has 1 unspecified atom stereocenters. The summed E-state index contributed by atoms with van der Waals surface area (Å²) < 4.78 is 1.91. The number of nitrogens with one attached hydrogen (secondary N) is 1. The second-order valence-electron chi connectivity index (χ2n) is 4.37. The highest BCUT2D eigenvalue weighted by Gasteiger charge is 2.22. The second kappa shape index (κ2) is 4.63. The highest BCUT2D eigenvalue weighted by Crippen LogP contribution is 2.19. The van der Waals surface area contributed by atoms with Crippen LogP contribution in [-0.2, 0) is 6.54 Å². The molecule has 1 aliphatic rings. The molecule has 1 aromatic heterocycles. The van der Waals surface area contributed by atoms with Crippen molar-refractivity contribution in [2.24, 2.45) is 0 Å². The van der Waals surface area contributed by atoms with Crippen molar-refractivity contribution in [3.8, 4) is 0 Å². The highest BCUT2D eigenvalue weighted by atomic mass is 15.5. The summed E-state index contributed by atoms with van der Waals surface area (Å²) in [6.07, 6.45) is 1.12. The molecule has 1 fully saturated rings. The topological polar surface area (TPSA) is 55.6 Å². The fraction of sp³-hybridized carbons (Fsp3) is 0.417. The van der Waals surface area contributed by atoms with Crippen molar-refractivity contribution in [2.75, 3.05) is 13.1 Å². The first-order chi connectivity index (χ1) is 8.43. The van der Waals surface area contributed by atoms with E-state index in [2.05, 4.69) is 33.0 Å². The molecule has 1 atom stereocenters. The van der Waals surface area contributed by atoms with Crippen LogP contribution in [0, 0.1) is 0 Å². The molecule has 1 aliphatic heterocycles. The van der Waals surface area contributed by atoms with Gasteiger partial charge >= 0.3 is 0 Å². The molecule has 5 nitrogen and oxygen atoms in total. The SMILES string of the molecule is c1ccc(Cn2nnnc2C2CCNC2)cc1. The zero-order valence-electron chi connectivity index (χ0n) is 9.58. The van der Waals surface area contributed by atoms with Crippen LogP contribution in [0.3, 0.4) is 0 Å². The normalized spacial score (nSPS) is 19.6. The molecule has 88 valence electrons. The molecule has 0 radical (unpaired) electrons. The average molecular weight is 229 g/mol. The van der Waals surface area contributed by atoms with Crippen LogP contribution in [0.25, 0.3) is 0 Å². The van der Waals surface area contributed by atoms with E-state index < -0.39 is 0 Å². The molecule has 0 saturated carbocycles. The van der Waals surface area contributed by atoms with Gasteiger partial charge in [-0.1, -0.05) is 30.3 Å². The predicted molar refractivity (Wildman–Crippen MR) is 63.6 cm³/mol. The van der Waals surface area contributed by atoms with E-state index >= 15 is 0 Å². The molecule has 2 aromatic rings. The summed E-state index contributed by atoms with van der Waals surface area (Å²) >= 11 is 0. The Morgan fingerprint density at radius 3 is 2.94 bits per heavy atom. The fourth-order valence-corrected chi connectivity index (χ4v) is 2.25. The maximum absolute atomic E-state index is 4.16. The third kappa shape index (κ3) is 2.19. The maximum Gasteiger partial charge on any atom is 0.156 e. The van der Waals surface area contributed by atoms with E-state index in [1.54, 1.807) is 0 Å². The molecule has 17 heavy (non-hydrogen) atoms. The van der Waals surface area contributed by atoms with E-state index in [0.717, 1.165) is 31.9 Å². The van der Waals surface area contributed by atoms with Crippen molar-refractivity contribution in [3.05, 3.63) is 41.7 Å². The van der Waals surface area contributed by atoms with Gasteiger partial charge in [0.2, 0.25) is 0 Å². The molecule has 0 aliphatic carbocycles. The number of aromatic nitrogens is 4. The van der Waals surface area contributed by atoms with E-state index in [4.69, 9.17) is 0 Å². The lowest BCUT2D eigenvalue weighted by atomic mass is 10.1. The second-order valence-corrected chi connectivity index (χ2v) is 4.37. The monoisotopic (exact) mass is 229 g/mol. The van der Waals surface area contributed by atoms with Crippen LogP contribution >= 0.6 is 0 Å². The lowest BCUT2D eigenvalue weighted by Crippen LogP contribution is -2.14. The fourth-order valence-electron chi connectivity index (χ4n) is 2.25. The van der Waals surface area contributed by atoms with Crippen LogP contribution in [0.1, 0.15) is 23.7 Å². The Morgan fingerprint density at radius 2 is 2.18 bits per heavy atom. The third-order valence-electron chi connectivity index (χ3n) is 3.16. The molecule has 3 rings (SSSR count). The predicted octanol–water partition coefficient (Wildman–Crippen LogP) is 0.798. The zero-order chi connectivity index (χ0) is 11.5. The van der Waals surface area contributed by atoms with E-state index in [9.17, 15) is 0 Å². The molecule has 1 aromatic carbocycles. The minimum Gasteiger partial charge on any atom is -0.316 e. The summed E-state index contributed by atoms with van der Waals surface area (Å²) in [4.78, 5) is 0. The minimum absolute atomic E-state index is 0.453. The van der Waals surface area contributed by atoms with Gasteiger partial charge in [-0.25, -0.2) is 4.68 Å². The standard InChI is InChI=1S/C12H15N5/c1-2-4-10(5-3-1)9-17-12(14-15-16-17)11-6-7-13-8-11/h1-5,11,13H,6-9H2. The summed E-state index contributed by atoms with van der Waals surface area (Å²) in [6.45, 7) is 2.79. The van der Waals surface area contributed by atoms with E-state index in [-0.39, 0.29) is 0 Å². The van der Waals surface area contributed by atoms with Gasteiger partial charge in [-0.15, -0.1) is 5.10 Å². The summed E-state index contributed by atoms with van der Waals surface area (Å²) in [5.74, 6) is 1.45. The van der Waals surface area contributed by atoms with Crippen molar-refractivity contribution in [3.63, 3.8) is 0 Å². The van der Waals surface area contributed by atoms with E-state index in [0.29, 0.717) is 5.92 Å². The Bertz CT molecular complexity index is 473. The lowest BCUT2D eigenvalue weighted by Gasteiger charge is -2.08. The van der Waals surface area contributed by atoms with Gasteiger partial charge in [0.1, 0.15) is 0 Å². The Labute approximate surface area is 99.8 Å². The van der Waals surface area contributed by atoms with Crippen LogP contribution in [0.5, 0.6) is 0 Å². The average Bonchev–Trinajstić information content (AvgIpc) is 3.00. The largest absolute Gasteiger partial charge is 0.316 e. The van der Waals surface area contributed by atoms with E-state index in [1.807, 2.05) is 22.9 Å². The Kier molecular flexibility index (Phi) is 2.83. The molecule has 1 N–H and O–H groups in total. The van der Waals surface area contributed by atoms with Gasteiger partial charge < -0.3 is 5.32 Å². The first-order valence-electron chi connectivity index (χ1n) is 5.94. The van der Waals surface area contributed by atoms with Crippen LogP contribution in [-0.4, -0.2) is 33.3 Å². The van der Waals surface area contributed by atoms with Gasteiger partial charge in [-0.2, -0.15) is 0 Å². The first-order valence-corrected chi connectivity index (χ1v) is 5.94. The van der Waals surface area contributed by atoms with Gasteiger partial charge in [0.15, 0.2) is 5.82 Å². The molecule has 5 heteroatoms. The number of benzene rings is 1. The number of rotatable bonds is 3. The van der Waals surface area contributed by atoms with Gasteiger partial charge in [0.05, 0.1) is 6.54 Å². The number of hydrogen-bond acceptors (Lipinski definition) is 4. The molecule has 0 amide bonds. The summed E-state index contributed by atoms with van der Waals surface area (Å²) in [5, 5.41) is 15.4. The van der Waals surface area contributed by atoms with E-state index in [1.165, 1.54) is 5.56 Å². The minimum atomic E-state index is 0.453. The Balaban J connectivity index is 1.81. The number of hydrogen-bond donors (Lipinski definition) is 1. The van der Waals surface area contributed by atoms with Crippen LogP contribution in [0.4, 0.5) is 0 Å².